The number of para-hydroxylation sites is 1. The zero-order valence-electron chi connectivity index (χ0n) is 10.4. The van der Waals surface area contributed by atoms with Crippen LogP contribution in [-0.2, 0) is 0 Å². The van der Waals surface area contributed by atoms with Crippen molar-refractivity contribution in [1.29, 1.82) is 0 Å². The van der Waals surface area contributed by atoms with Gasteiger partial charge in [-0.2, -0.15) is 0 Å². The highest BCUT2D eigenvalue weighted by atomic mass is 15.2. The maximum absolute atomic E-state index is 4.70. The molecule has 1 aromatic carbocycles. The molecule has 0 bridgehead atoms. The summed E-state index contributed by atoms with van der Waals surface area (Å²) < 4.78 is 0. The molecule has 1 heterocycles. The van der Waals surface area contributed by atoms with E-state index in [1.165, 1.54) is 11.5 Å². The molecule has 1 aliphatic heterocycles. The fourth-order valence-electron chi connectivity index (χ4n) is 2.11. The molecule has 0 spiro atoms. The first-order valence-electron chi connectivity index (χ1n) is 5.96. The highest BCUT2D eigenvalue weighted by Crippen LogP contribution is 2.26. The molecule has 86 valence electrons. The summed E-state index contributed by atoms with van der Waals surface area (Å²) in [5, 5.41) is 0. The Labute approximate surface area is 98.0 Å². The third-order valence-electron chi connectivity index (χ3n) is 2.80. The van der Waals surface area contributed by atoms with Gasteiger partial charge in [0.2, 0.25) is 0 Å². The second-order valence-electron chi connectivity index (χ2n) is 5.30. The van der Waals surface area contributed by atoms with E-state index in [2.05, 4.69) is 56.0 Å². The predicted octanol–water partition coefficient (Wildman–Crippen LogP) is 3.34. The van der Waals surface area contributed by atoms with Crippen LogP contribution in [0.4, 0.5) is 5.69 Å². The van der Waals surface area contributed by atoms with Gasteiger partial charge in [-0.15, -0.1) is 0 Å². The molecule has 2 nitrogen and oxygen atoms in total. The lowest BCUT2D eigenvalue weighted by molar-refractivity contribution is 0.560. The molecular weight excluding hydrogens is 196 g/mol. The first kappa shape index (κ1) is 11.2. The van der Waals surface area contributed by atoms with Crippen LogP contribution < -0.4 is 4.90 Å². The lowest BCUT2D eigenvalue weighted by Gasteiger charge is -2.36. The number of aliphatic imine (C=N–C) groups is 1. The molecule has 16 heavy (non-hydrogen) atoms. The molecular formula is C14H20N2. The van der Waals surface area contributed by atoms with Gasteiger partial charge in [0.05, 0.1) is 0 Å². The fraction of sp³-hybridized carbons (Fsp3) is 0.500. The second kappa shape index (κ2) is 4.28. The number of hydrogen-bond donors (Lipinski definition) is 0. The van der Waals surface area contributed by atoms with Crippen molar-refractivity contribution in [3.8, 4) is 0 Å². The summed E-state index contributed by atoms with van der Waals surface area (Å²) in [7, 11) is 0. The zero-order valence-corrected chi connectivity index (χ0v) is 10.4. The van der Waals surface area contributed by atoms with Crippen LogP contribution in [0.3, 0.4) is 0 Å². The minimum Gasteiger partial charge on any atom is -0.330 e. The molecule has 0 N–H and O–H groups in total. The molecule has 1 aromatic rings. The van der Waals surface area contributed by atoms with Crippen LogP contribution in [0, 0.1) is 5.41 Å². The summed E-state index contributed by atoms with van der Waals surface area (Å²) in [5.74, 6) is 1.21. The van der Waals surface area contributed by atoms with Crippen molar-refractivity contribution >= 4 is 11.5 Å². The van der Waals surface area contributed by atoms with E-state index < -0.39 is 0 Å². The molecule has 1 aliphatic rings. The quantitative estimate of drug-likeness (QED) is 0.703. The summed E-state index contributed by atoms with van der Waals surface area (Å²) >= 11 is 0. The van der Waals surface area contributed by atoms with E-state index in [-0.39, 0.29) is 5.41 Å². The Balaban J connectivity index is 2.33. The Morgan fingerprint density at radius 1 is 1.12 bits per heavy atom. The number of nitrogens with zero attached hydrogens (tertiary/aromatic N) is 2. The molecule has 0 aliphatic carbocycles. The van der Waals surface area contributed by atoms with E-state index in [9.17, 15) is 0 Å². The lowest BCUT2D eigenvalue weighted by atomic mass is 9.92. The SMILES string of the molecule is CC(C)(C)C1=NCCCN1c1ccccc1. The average molecular weight is 216 g/mol. The van der Waals surface area contributed by atoms with Crippen LogP contribution in [0.2, 0.25) is 0 Å². The van der Waals surface area contributed by atoms with Crippen LogP contribution in [0.25, 0.3) is 0 Å². The summed E-state index contributed by atoms with van der Waals surface area (Å²) in [6, 6.07) is 10.6. The molecule has 0 aromatic heterocycles. The predicted molar refractivity (Wildman–Crippen MR) is 70.2 cm³/mol. The first-order valence-corrected chi connectivity index (χ1v) is 5.96. The maximum Gasteiger partial charge on any atom is 0.109 e. The molecule has 0 fully saturated rings. The van der Waals surface area contributed by atoms with E-state index in [0.717, 1.165) is 19.5 Å². The maximum atomic E-state index is 4.70. The average Bonchev–Trinajstić information content (AvgIpc) is 2.29. The minimum absolute atomic E-state index is 0.121. The third kappa shape index (κ3) is 2.26. The van der Waals surface area contributed by atoms with E-state index >= 15 is 0 Å². The van der Waals surface area contributed by atoms with Crippen molar-refractivity contribution < 1.29 is 0 Å². The zero-order chi connectivity index (χ0) is 11.6. The Morgan fingerprint density at radius 3 is 2.44 bits per heavy atom. The Bertz CT molecular complexity index is 373. The number of hydrogen-bond acceptors (Lipinski definition) is 2. The second-order valence-corrected chi connectivity index (χ2v) is 5.30. The Morgan fingerprint density at radius 2 is 1.81 bits per heavy atom. The molecule has 0 amide bonds. The smallest absolute Gasteiger partial charge is 0.109 e. The van der Waals surface area contributed by atoms with Crippen LogP contribution in [-0.4, -0.2) is 18.9 Å². The van der Waals surface area contributed by atoms with Gasteiger partial charge in [-0.25, -0.2) is 0 Å². The van der Waals surface area contributed by atoms with Crippen LogP contribution in [0.5, 0.6) is 0 Å². The van der Waals surface area contributed by atoms with E-state index in [1.807, 2.05) is 0 Å². The van der Waals surface area contributed by atoms with Gasteiger partial charge in [-0.05, 0) is 18.6 Å². The third-order valence-corrected chi connectivity index (χ3v) is 2.80. The van der Waals surface area contributed by atoms with Gasteiger partial charge in [0, 0.05) is 24.2 Å². The Hall–Kier alpha value is -1.31. The largest absolute Gasteiger partial charge is 0.330 e. The van der Waals surface area contributed by atoms with Gasteiger partial charge in [-0.3, -0.25) is 4.99 Å². The Kier molecular flexibility index (Phi) is 2.99. The van der Waals surface area contributed by atoms with Gasteiger partial charge in [-0.1, -0.05) is 39.0 Å². The van der Waals surface area contributed by atoms with Crippen LogP contribution >= 0.6 is 0 Å². The summed E-state index contributed by atoms with van der Waals surface area (Å²) in [6.07, 6.45) is 1.15. The van der Waals surface area contributed by atoms with Crippen molar-refractivity contribution in [2.24, 2.45) is 10.4 Å². The normalized spacial score (nSPS) is 17.2. The molecule has 0 saturated carbocycles. The van der Waals surface area contributed by atoms with Crippen molar-refractivity contribution in [2.45, 2.75) is 27.2 Å². The van der Waals surface area contributed by atoms with Gasteiger partial charge in [0.25, 0.3) is 0 Å². The molecule has 0 atom stereocenters. The minimum atomic E-state index is 0.121. The molecule has 0 unspecified atom stereocenters. The number of rotatable bonds is 1. The van der Waals surface area contributed by atoms with E-state index in [4.69, 9.17) is 4.99 Å². The summed E-state index contributed by atoms with van der Waals surface area (Å²) in [5.41, 5.74) is 1.38. The standard InChI is InChI=1S/C14H20N2/c1-14(2,3)13-15-10-7-11-16(13)12-8-5-4-6-9-12/h4-6,8-9H,7,10-11H2,1-3H3. The monoisotopic (exact) mass is 216 g/mol. The molecule has 2 heteroatoms. The molecule has 2 rings (SSSR count). The van der Waals surface area contributed by atoms with Crippen molar-refractivity contribution in [1.82, 2.24) is 0 Å². The van der Waals surface area contributed by atoms with Crippen molar-refractivity contribution in [2.75, 3.05) is 18.0 Å². The fourth-order valence-corrected chi connectivity index (χ4v) is 2.11. The molecule has 0 radical (unpaired) electrons. The van der Waals surface area contributed by atoms with Crippen molar-refractivity contribution in [3.63, 3.8) is 0 Å². The van der Waals surface area contributed by atoms with Gasteiger partial charge >= 0.3 is 0 Å². The highest BCUT2D eigenvalue weighted by Gasteiger charge is 2.27. The van der Waals surface area contributed by atoms with Gasteiger partial charge in [0.1, 0.15) is 5.84 Å². The van der Waals surface area contributed by atoms with Crippen LogP contribution in [0.15, 0.2) is 35.3 Å². The first-order chi connectivity index (χ1) is 7.59. The summed E-state index contributed by atoms with van der Waals surface area (Å²) in [6.45, 7) is 8.74. The van der Waals surface area contributed by atoms with Gasteiger partial charge < -0.3 is 4.90 Å². The van der Waals surface area contributed by atoms with Gasteiger partial charge in [0.15, 0.2) is 0 Å². The molecule has 0 saturated heterocycles. The van der Waals surface area contributed by atoms with E-state index in [0.29, 0.717) is 0 Å². The highest BCUT2D eigenvalue weighted by molar-refractivity contribution is 6.01. The summed E-state index contributed by atoms with van der Waals surface area (Å²) in [4.78, 5) is 7.05. The van der Waals surface area contributed by atoms with Crippen molar-refractivity contribution in [3.05, 3.63) is 30.3 Å². The van der Waals surface area contributed by atoms with E-state index in [1.54, 1.807) is 0 Å². The number of benzene rings is 1. The topological polar surface area (TPSA) is 15.6 Å². The van der Waals surface area contributed by atoms with Crippen LogP contribution in [0.1, 0.15) is 27.2 Å². The number of amidine groups is 1. The number of anilines is 1. The lowest BCUT2D eigenvalue weighted by Crippen LogP contribution is -2.43.